The summed E-state index contributed by atoms with van der Waals surface area (Å²) in [4.78, 5) is 3.26. The normalized spacial score (nSPS) is 10.7. The molecular weight excluding hydrogens is 176 g/mol. The summed E-state index contributed by atoms with van der Waals surface area (Å²) >= 11 is 0. The second kappa shape index (κ2) is 3.72. The molecule has 2 rings (SSSR count). The van der Waals surface area contributed by atoms with Crippen LogP contribution in [0.4, 0.5) is 0 Å². The minimum Gasteiger partial charge on any atom is -0.492 e. The molecule has 1 aromatic carbocycles. The van der Waals surface area contributed by atoms with E-state index in [9.17, 15) is 0 Å². The molecule has 0 unspecified atom stereocenters. The second-order valence-corrected chi connectivity index (χ2v) is 3.31. The van der Waals surface area contributed by atoms with Crippen molar-refractivity contribution in [3.05, 3.63) is 30.0 Å². The monoisotopic (exact) mass is 190 g/mol. The number of H-pyrrole nitrogens is 1. The molecule has 3 nitrogen and oxygen atoms in total. The molecule has 0 bridgehead atoms. The molecule has 1 aromatic heterocycles. The maximum atomic E-state index is 5.54. The SMILES string of the molecule is Cc1cc2c(OCCN)cccc2[nH]1. The molecule has 3 N–H and O–H groups in total. The number of aryl methyl sites for hydroxylation is 1. The lowest BCUT2D eigenvalue weighted by Crippen LogP contribution is -2.10. The van der Waals surface area contributed by atoms with Gasteiger partial charge in [0.1, 0.15) is 12.4 Å². The summed E-state index contributed by atoms with van der Waals surface area (Å²) in [5.74, 6) is 0.900. The van der Waals surface area contributed by atoms with Crippen molar-refractivity contribution in [3.8, 4) is 5.75 Å². The number of aromatic amines is 1. The maximum absolute atomic E-state index is 5.54. The largest absolute Gasteiger partial charge is 0.492 e. The first kappa shape index (κ1) is 9.09. The van der Waals surface area contributed by atoms with Gasteiger partial charge in [-0.1, -0.05) is 6.07 Å². The fraction of sp³-hybridized carbons (Fsp3) is 0.273. The molecule has 3 heteroatoms. The van der Waals surface area contributed by atoms with Crippen LogP contribution in [-0.2, 0) is 0 Å². The minimum absolute atomic E-state index is 0.541. The Morgan fingerprint density at radius 1 is 1.43 bits per heavy atom. The van der Waals surface area contributed by atoms with Crippen molar-refractivity contribution in [1.29, 1.82) is 0 Å². The highest BCUT2D eigenvalue weighted by Crippen LogP contribution is 2.25. The lowest BCUT2D eigenvalue weighted by atomic mass is 10.2. The molecule has 0 radical (unpaired) electrons. The van der Waals surface area contributed by atoms with Crippen LogP contribution >= 0.6 is 0 Å². The number of rotatable bonds is 3. The number of nitrogens with one attached hydrogen (secondary N) is 1. The van der Waals surface area contributed by atoms with Crippen LogP contribution in [0.3, 0.4) is 0 Å². The first-order chi connectivity index (χ1) is 6.81. The molecule has 0 saturated heterocycles. The molecule has 74 valence electrons. The van der Waals surface area contributed by atoms with Crippen molar-refractivity contribution in [2.24, 2.45) is 5.73 Å². The molecule has 2 aromatic rings. The van der Waals surface area contributed by atoms with Crippen molar-refractivity contribution in [1.82, 2.24) is 4.98 Å². The molecule has 0 saturated carbocycles. The third-order valence-electron chi connectivity index (χ3n) is 2.13. The Morgan fingerprint density at radius 2 is 2.29 bits per heavy atom. The van der Waals surface area contributed by atoms with Gasteiger partial charge in [-0.25, -0.2) is 0 Å². The van der Waals surface area contributed by atoms with Crippen LogP contribution in [0.15, 0.2) is 24.3 Å². The molecule has 0 aliphatic carbocycles. The van der Waals surface area contributed by atoms with E-state index < -0.39 is 0 Å². The summed E-state index contributed by atoms with van der Waals surface area (Å²) in [5, 5.41) is 1.12. The van der Waals surface area contributed by atoms with E-state index in [-0.39, 0.29) is 0 Å². The standard InChI is InChI=1S/C11H14N2O/c1-8-7-9-10(13-8)3-2-4-11(9)14-6-5-12/h2-4,7,13H,5-6,12H2,1H3. The van der Waals surface area contributed by atoms with Crippen LogP contribution < -0.4 is 10.5 Å². The van der Waals surface area contributed by atoms with Crippen molar-refractivity contribution in [2.75, 3.05) is 13.2 Å². The number of fused-ring (bicyclic) bond motifs is 1. The van der Waals surface area contributed by atoms with Gasteiger partial charge in [0, 0.05) is 23.1 Å². The van der Waals surface area contributed by atoms with Gasteiger partial charge in [-0.3, -0.25) is 0 Å². The van der Waals surface area contributed by atoms with E-state index in [1.54, 1.807) is 0 Å². The van der Waals surface area contributed by atoms with Crippen molar-refractivity contribution >= 4 is 10.9 Å². The summed E-state index contributed by atoms with van der Waals surface area (Å²) < 4.78 is 5.54. The van der Waals surface area contributed by atoms with Crippen LogP contribution in [-0.4, -0.2) is 18.1 Å². The van der Waals surface area contributed by atoms with Gasteiger partial charge in [0.25, 0.3) is 0 Å². The quantitative estimate of drug-likeness (QED) is 0.775. The van der Waals surface area contributed by atoms with Crippen molar-refractivity contribution in [3.63, 3.8) is 0 Å². The number of ether oxygens (including phenoxy) is 1. The van der Waals surface area contributed by atoms with E-state index in [1.807, 2.05) is 25.1 Å². The third-order valence-corrected chi connectivity index (χ3v) is 2.13. The Bertz CT molecular complexity index is 434. The van der Waals surface area contributed by atoms with E-state index in [4.69, 9.17) is 10.5 Å². The van der Waals surface area contributed by atoms with Crippen molar-refractivity contribution < 1.29 is 4.74 Å². The van der Waals surface area contributed by atoms with E-state index in [2.05, 4.69) is 11.1 Å². The maximum Gasteiger partial charge on any atom is 0.128 e. The zero-order valence-electron chi connectivity index (χ0n) is 8.21. The van der Waals surface area contributed by atoms with Crippen LogP contribution in [0.2, 0.25) is 0 Å². The van der Waals surface area contributed by atoms with Gasteiger partial charge in [0.05, 0.1) is 0 Å². The molecule has 0 aliphatic heterocycles. The number of benzene rings is 1. The van der Waals surface area contributed by atoms with Crippen LogP contribution in [0.25, 0.3) is 10.9 Å². The Balaban J connectivity index is 2.42. The summed E-state index contributed by atoms with van der Waals surface area (Å²) in [7, 11) is 0. The topological polar surface area (TPSA) is 51.0 Å². The molecule has 14 heavy (non-hydrogen) atoms. The number of nitrogens with two attached hydrogens (primary N) is 1. The van der Waals surface area contributed by atoms with Crippen LogP contribution in [0.5, 0.6) is 5.75 Å². The third kappa shape index (κ3) is 1.59. The predicted octanol–water partition coefficient (Wildman–Crippen LogP) is 1.81. The average molecular weight is 190 g/mol. The predicted molar refractivity (Wildman–Crippen MR) is 57.6 cm³/mol. The number of hydrogen-bond acceptors (Lipinski definition) is 2. The molecule has 1 heterocycles. The van der Waals surface area contributed by atoms with Gasteiger partial charge >= 0.3 is 0 Å². The Hall–Kier alpha value is -1.48. The Morgan fingerprint density at radius 3 is 3.07 bits per heavy atom. The highest BCUT2D eigenvalue weighted by molar-refractivity contribution is 5.86. The smallest absolute Gasteiger partial charge is 0.128 e. The van der Waals surface area contributed by atoms with Gasteiger partial charge in [0.15, 0.2) is 0 Å². The first-order valence-electron chi connectivity index (χ1n) is 4.72. The number of aromatic nitrogens is 1. The van der Waals surface area contributed by atoms with Gasteiger partial charge in [-0.15, -0.1) is 0 Å². The summed E-state index contributed by atoms with van der Waals surface area (Å²) in [6.07, 6.45) is 0. The molecule has 0 aliphatic rings. The molecule has 0 fully saturated rings. The van der Waals surface area contributed by atoms with Crippen LogP contribution in [0.1, 0.15) is 5.69 Å². The van der Waals surface area contributed by atoms with E-state index in [1.165, 1.54) is 0 Å². The van der Waals surface area contributed by atoms with E-state index >= 15 is 0 Å². The van der Waals surface area contributed by atoms with Gasteiger partial charge in [-0.2, -0.15) is 0 Å². The minimum atomic E-state index is 0.541. The zero-order valence-corrected chi connectivity index (χ0v) is 8.21. The van der Waals surface area contributed by atoms with E-state index in [0.29, 0.717) is 13.2 Å². The van der Waals surface area contributed by atoms with Gasteiger partial charge in [-0.05, 0) is 25.1 Å². The Kier molecular flexibility index (Phi) is 2.41. The molecule has 0 spiro atoms. The molecule has 0 atom stereocenters. The summed E-state index contributed by atoms with van der Waals surface area (Å²) in [6.45, 7) is 3.13. The lowest BCUT2D eigenvalue weighted by Gasteiger charge is -2.04. The lowest BCUT2D eigenvalue weighted by molar-refractivity contribution is 0.332. The Labute approximate surface area is 82.9 Å². The second-order valence-electron chi connectivity index (χ2n) is 3.31. The molecular formula is C11H14N2O. The van der Waals surface area contributed by atoms with Crippen LogP contribution in [0, 0.1) is 6.92 Å². The fourth-order valence-electron chi connectivity index (χ4n) is 1.56. The molecule has 0 amide bonds. The van der Waals surface area contributed by atoms with Gasteiger partial charge in [0.2, 0.25) is 0 Å². The summed E-state index contributed by atoms with van der Waals surface area (Å²) in [5.41, 5.74) is 7.64. The highest BCUT2D eigenvalue weighted by atomic mass is 16.5. The highest BCUT2D eigenvalue weighted by Gasteiger charge is 2.03. The number of hydrogen-bond donors (Lipinski definition) is 2. The van der Waals surface area contributed by atoms with E-state index in [0.717, 1.165) is 22.3 Å². The van der Waals surface area contributed by atoms with Gasteiger partial charge < -0.3 is 15.5 Å². The van der Waals surface area contributed by atoms with Crippen molar-refractivity contribution in [2.45, 2.75) is 6.92 Å². The summed E-state index contributed by atoms with van der Waals surface area (Å²) in [6, 6.07) is 8.06. The fourth-order valence-corrected chi connectivity index (χ4v) is 1.56. The average Bonchev–Trinajstić information content (AvgIpc) is 2.55. The zero-order chi connectivity index (χ0) is 9.97. The first-order valence-corrected chi connectivity index (χ1v) is 4.72.